The highest BCUT2D eigenvalue weighted by Gasteiger charge is 2.11. The van der Waals surface area contributed by atoms with Crippen molar-refractivity contribution in [2.45, 2.75) is 38.1 Å². The Morgan fingerprint density at radius 1 is 1.53 bits per heavy atom. The maximum atomic E-state index is 11.7. The number of carbonyl (C=O) groups excluding carboxylic acids is 1. The molecule has 1 atom stereocenters. The van der Waals surface area contributed by atoms with Crippen molar-refractivity contribution in [2.24, 2.45) is 0 Å². The maximum Gasteiger partial charge on any atom is 0.220 e. The quantitative estimate of drug-likeness (QED) is 0.806. The molecule has 0 fully saturated rings. The largest absolute Gasteiger partial charge is 0.350 e. The highest BCUT2D eigenvalue weighted by atomic mass is 16.1. The highest BCUT2D eigenvalue weighted by molar-refractivity contribution is 5.76. The Labute approximate surface area is 102 Å². The van der Waals surface area contributed by atoms with Crippen molar-refractivity contribution in [3.63, 3.8) is 0 Å². The van der Waals surface area contributed by atoms with Gasteiger partial charge in [0.05, 0.1) is 0 Å². The molecule has 1 aliphatic carbocycles. The zero-order chi connectivity index (χ0) is 11.9. The number of nitrogens with one attached hydrogen (secondary N) is 1. The number of allylic oxidation sites excluding steroid dienone is 1. The van der Waals surface area contributed by atoms with Crippen molar-refractivity contribution in [1.82, 2.24) is 10.3 Å². The first-order valence-corrected chi connectivity index (χ1v) is 6.19. The zero-order valence-corrected chi connectivity index (χ0v) is 9.93. The van der Waals surface area contributed by atoms with Crippen LogP contribution in [0.1, 0.15) is 31.2 Å². The molecular formula is C14H18N2O. The van der Waals surface area contributed by atoms with Crippen LogP contribution in [0.5, 0.6) is 0 Å². The van der Waals surface area contributed by atoms with E-state index in [2.05, 4.69) is 22.5 Å². The molecule has 17 heavy (non-hydrogen) atoms. The summed E-state index contributed by atoms with van der Waals surface area (Å²) in [4.78, 5) is 15.8. The molecular weight excluding hydrogens is 212 g/mol. The third kappa shape index (κ3) is 4.02. The summed E-state index contributed by atoms with van der Waals surface area (Å²) in [5.74, 6) is 0.130. The lowest BCUT2D eigenvalue weighted by Crippen LogP contribution is -2.34. The summed E-state index contributed by atoms with van der Waals surface area (Å²) in [7, 11) is 0. The van der Waals surface area contributed by atoms with Gasteiger partial charge in [0.1, 0.15) is 0 Å². The third-order valence-corrected chi connectivity index (χ3v) is 2.96. The van der Waals surface area contributed by atoms with Gasteiger partial charge in [-0.1, -0.05) is 18.2 Å². The lowest BCUT2D eigenvalue weighted by atomic mass is 10.0. The summed E-state index contributed by atoms with van der Waals surface area (Å²) in [5, 5.41) is 3.04. The Morgan fingerprint density at radius 2 is 2.47 bits per heavy atom. The van der Waals surface area contributed by atoms with E-state index in [9.17, 15) is 4.79 Å². The molecule has 2 rings (SSSR count). The van der Waals surface area contributed by atoms with Gasteiger partial charge in [-0.25, -0.2) is 0 Å². The van der Waals surface area contributed by atoms with Gasteiger partial charge in [-0.15, -0.1) is 0 Å². The second-order valence-corrected chi connectivity index (χ2v) is 4.39. The first kappa shape index (κ1) is 11.8. The van der Waals surface area contributed by atoms with Crippen LogP contribution < -0.4 is 5.32 Å². The number of rotatable bonds is 4. The van der Waals surface area contributed by atoms with Crippen LogP contribution in [0.2, 0.25) is 0 Å². The van der Waals surface area contributed by atoms with E-state index >= 15 is 0 Å². The van der Waals surface area contributed by atoms with Crippen LogP contribution in [0.3, 0.4) is 0 Å². The fourth-order valence-electron chi connectivity index (χ4n) is 2.02. The fraction of sp³-hybridized carbons (Fsp3) is 0.429. The minimum absolute atomic E-state index is 0.130. The van der Waals surface area contributed by atoms with E-state index in [1.807, 2.05) is 18.3 Å². The van der Waals surface area contributed by atoms with Gasteiger partial charge in [-0.3, -0.25) is 9.78 Å². The van der Waals surface area contributed by atoms with E-state index in [1.165, 1.54) is 6.42 Å². The van der Waals surface area contributed by atoms with E-state index in [4.69, 9.17) is 0 Å². The summed E-state index contributed by atoms with van der Waals surface area (Å²) in [6, 6.07) is 4.14. The molecule has 0 spiro atoms. The Balaban J connectivity index is 1.74. The molecule has 90 valence electrons. The van der Waals surface area contributed by atoms with E-state index in [0.717, 1.165) is 24.8 Å². The van der Waals surface area contributed by atoms with E-state index in [1.54, 1.807) is 6.20 Å². The smallest absolute Gasteiger partial charge is 0.220 e. The molecule has 1 unspecified atom stereocenters. The number of pyridine rings is 1. The van der Waals surface area contributed by atoms with Crippen molar-refractivity contribution in [3.8, 4) is 0 Å². The first-order valence-electron chi connectivity index (χ1n) is 6.19. The van der Waals surface area contributed by atoms with Crippen LogP contribution in [-0.2, 0) is 11.2 Å². The van der Waals surface area contributed by atoms with Crippen molar-refractivity contribution in [1.29, 1.82) is 0 Å². The van der Waals surface area contributed by atoms with Crippen molar-refractivity contribution >= 4 is 5.91 Å². The minimum Gasteiger partial charge on any atom is -0.350 e. The summed E-state index contributed by atoms with van der Waals surface area (Å²) < 4.78 is 0. The predicted octanol–water partition coefficient (Wildman–Crippen LogP) is 2.24. The third-order valence-electron chi connectivity index (χ3n) is 2.96. The Morgan fingerprint density at radius 3 is 3.18 bits per heavy atom. The number of aryl methyl sites for hydroxylation is 1. The number of nitrogens with zero attached hydrogens (tertiary/aromatic N) is 1. The van der Waals surface area contributed by atoms with Crippen LogP contribution in [-0.4, -0.2) is 16.9 Å². The van der Waals surface area contributed by atoms with Gasteiger partial charge in [-0.05, 0) is 37.3 Å². The lowest BCUT2D eigenvalue weighted by molar-refractivity contribution is -0.121. The van der Waals surface area contributed by atoms with Gasteiger partial charge >= 0.3 is 0 Å². The lowest BCUT2D eigenvalue weighted by Gasteiger charge is -2.17. The molecule has 0 saturated heterocycles. The van der Waals surface area contributed by atoms with Crippen LogP contribution in [0, 0.1) is 0 Å². The van der Waals surface area contributed by atoms with Crippen LogP contribution in [0.25, 0.3) is 0 Å². The molecule has 0 aromatic carbocycles. The highest BCUT2D eigenvalue weighted by Crippen LogP contribution is 2.10. The SMILES string of the molecule is O=C(CCc1cccnc1)NC1C=CCCC1. The molecule has 0 radical (unpaired) electrons. The molecule has 3 heteroatoms. The number of aromatic nitrogens is 1. The second kappa shape index (κ2) is 6.18. The molecule has 3 nitrogen and oxygen atoms in total. The standard InChI is InChI=1S/C14H18N2O/c17-14(16-13-6-2-1-3-7-13)9-8-12-5-4-10-15-11-12/h2,4-6,10-11,13H,1,3,7-9H2,(H,16,17). The van der Waals surface area contributed by atoms with E-state index in [-0.39, 0.29) is 11.9 Å². The normalized spacial score (nSPS) is 18.9. The number of carbonyl (C=O) groups is 1. The molecule has 1 heterocycles. The Hall–Kier alpha value is -1.64. The molecule has 0 aliphatic heterocycles. The monoisotopic (exact) mass is 230 g/mol. The van der Waals surface area contributed by atoms with Crippen molar-refractivity contribution in [3.05, 3.63) is 42.2 Å². The van der Waals surface area contributed by atoms with Gasteiger partial charge in [0.25, 0.3) is 0 Å². The Kier molecular flexibility index (Phi) is 4.30. The van der Waals surface area contributed by atoms with Gasteiger partial charge in [0.15, 0.2) is 0 Å². The minimum atomic E-state index is 0.130. The maximum absolute atomic E-state index is 11.7. The van der Waals surface area contributed by atoms with E-state index < -0.39 is 0 Å². The number of hydrogen-bond donors (Lipinski definition) is 1. The van der Waals surface area contributed by atoms with Gasteiger partial charge in [0.2, 0.25) is 5.91 Å². The molecule has 1 N–H and O–H groups in total. The first-order chi connectivity index (χ1) is 8.34. The zero-order valence-electron chi connectivity index (χ0n) is 9.93. The van der Waals surface area contributed by atoms with Gasteiger partial charge in [-0.2, -0.15) is 0 Å². The van der Waals surface area contributed by atoms with Crippen LogP contribution in [0.15, 0.2) is 36.7 Å². The summed E-state index contributed by atoms with van der Waals surface area (Å²) in [6.07, 6.45) is 12.5. The Bertz CT molecular complexity index is 386. The molecule has 1 amide bonds. The topological polar surface area (TPSA) is 42.0 Å². The average molecular weight is 230 g/mol. The second-order valence-electron chi connectivity index (χ2n) is 4.39. The van der Waals surface area contributed by atoms with Gasteiger partial charge in [0, 0.05) is 24.9 Å². The molecule has 1 aliphatic rings. The summed E-state index contributed by atoms with van der Waals surface area (Å²) in [5.41, 5.74) is 1.11. The summed E-state index contributed by atoms with van der Waals surface area (Å²) >= 11 is 0. The predicted molar refractivity (Wildman–Crippen MR) is 67.5 cm³/mol. The molecule has 1 aromatic heterocycles. The number of hydrogen-bond acceptors (Lipinski definition) is 2. The molecule has 0 saturated carbocycles. The van der Waals surface area contributed by atoms with Crippen LogP contribution >= 0.6 is 0 Å². The van der Waals surface area contributed by atoms with Crippen molar-refractivity contribution < 1.29 is 4.79 Å². The average Bonchev–Trinajstić information content (AvgIpc) is 2.39. The van der Waals surface area contributed by atoms with Gasteiger partial charge < -0.3 is 5.32 Å². The van der Waals surface area contributed by atoms with E-state index in [0.29, 0.717) is 6.42 Å². The summed E-state index contributed by atoms with van der Waals surface area (Å²) in [6.45, 7) is 0. The molecule has 1 aromatic rings. The van der Waals surface area contributed by atoms with Crippen molar-refractivity contribution in [2.75, 3.05) is 0 Å². The van der Waals surface area contributed by atoms with Crippen LogP contribution in [0.4, 0.5) is 0 Å². The fourth-order valence-corrected chi connectivity index (χ4v) is 2.02. The number of amides is 1. The molecule has 0 bridgehead atoms.